The lowest BCUT2D eigenvalue weighted by Gasteiger charge is -2.35. The van der Waals surface area contributed by atoms with E-state index in [9.17, 15) is 14.0 Å². The molecule has 8 heteroatoms. The Hall–Kier alpha value is -3.26. The van der Waals surface area contributed by atoms with Crippen LogP contribution in [0.3, 0.4) is 0 Å². The number of anilines is 1. The Kier molecular flexibility index (Phi) is 7.25. The van der Waals surface area contributed by atoms with Crippen LogP contribution in [0, 0.1) is 11.7 Å². The van der Waals surface area contributed by atoms with Gasteiger partial charge in [0.15, 0.2) is 5.11 Å². The van der Waals surface area contributed by atoms with Gasteiger partial charge in [-0.1, -0.05) is 32.0 Å². The number of benzene rings is 2. The van der Waals surface area contributed by atoms with Crippen LogP contribution in [-0.4, -0.2) is 35.5 Å². The van der Waals surface area contributed by atoms with E-state index in [1.807, 2.05) is 26.8 Å². The molecule has 1 atom stereocenters. The third-order valence-corrected chi connectivity index (χ3v) is 5.48. The number of carbonyl (C=O) groups excluding carboxylic acids is 2. The average molecular weight is 456 g/mol. The van der Waals surface area contributed by atoms with Crippen molar-refractivity contribution in [2.75, 3.05) is 19.0 Å². The van der Waals surface area contributed by atoms with E-state index < -0.39 is 23.7 Å². The highest BCUT2D eigenvalue weighted by molar-refractivity contribution is 7.80. The van der Waals surface area contributed by atoms with Crippen molar-refractivity contribution in [2.45, 2.75) is 26.8 Å². The molecule has 32 heavy (non-hydrogen) atoms. The fourth-order valence-corrected chi connectivity index (χ4v) is 3.55. The fraction of sp³-hybridized carbons (Fsp3) is 0.292. The van der Waals surface area contributed by atoms with Crippen molar-refractivity contribution >= 4 is 34.9 Å². The second kappa shape index (κ2) is 9.91. The molecule has 2 aromatic rings. The summed E-state index contributed by atoms with van der Waals surface area (Å²) in [5.41, 5.74) is 2.60. The van der Waals surface area contributed by atoms with E-state index in [1.54, 1.807) is 30.1 Å². The molecule has 3 rings (SSSR count). The lowest BCUT2D eigenvalue weighted by Crippen LogP contribution is -2.46. The summed E-state index contributed by atoms with van der Waals surface area (Å²) < 4.78 is 19.0. The van der Waals surface area contributed by atoms with Gasteiger partial charge in [0.05, 0.1) is 18.2 Å². The van der Waals surface area contributed by atoms with E-state index in [0.29, 0.717) is 28.7 Å². The van der Waals surface area contributed by atoms with Crippen LogP contribution >= 0.6 is 12.2 Å². The summed E-state index contributed by atoms with van der Waals surface area (Å²) >= 11 is 5.43. The summed E-state index contributed by atoms with van der Waals surface area (Å²) in [6, 6.07) is 12.0. The number of amides is 1. The quantitative estimate of drug-likeness (QED) is 0.497. The lowest BCUT2D eigenvalue weighted by atomic mass is 9.94. The smallest absolute Gasteiger partial charge is 0.338 e. The number of ether oxygens (including phenoxy) is 1. The van der Waals surface area contributed by atoms with Crippen LogP contribution in [0.2, 0.25) is 0 Å². The number of nitrogens with one attached hydrogen (secondary N) is 2. The van der Waals surface area contributed by atoms with E-state index in [2.05, 4.69) is 10.6 Å². The summed E-state index contributed by atoms with van der Waals surface area (Å²) in [4.78, 5) is 27.2. The predicted octanol–water partition coefficient (Wildman–Crippen LogP) is 4.41. The molecule has 0 spiro atoms. The van der Waals surface area contributed by atoms with Gasteiger partial charge in [0, 0.05) is 24.0 Å². The maximum absolute atomic E-state index is 13.5. The summed E-state index contributed by atoms with van der Waals surface area (Å²) in [6.45, 7) is 6.07. The van der Waals surface area contributed by atoms with Crippen molar-refractivity contribution in [3.63, 3.8) is 0 Å². The zero-order valence-corrected chi connectivity index (χ0v) is 19.3. The third-order valence-electron chi connectivity index (χ3n) is 5.09. The van der Waals surface area contributed by atoms with E-state index in [-0.39, 0.29) is 11.5 Å². The predicted molar refractivity (Wildman–Crippen MR) is 126 cm³/mol. The van der Waals surface area contributed by atoms with Crippen molar-refractivity contribution in [2.24, 2.45) is 5.92 Å². The Morgan fingerprint density at radius 1 is 1.22 bits per heavy atom. The topological polar surface area (TPSA) is 70.7 Å². The zero-order valence-electron chi connectivity index (χ0n) is 18.4. The largest absolute Gasteiger partial charge is 0.462 e. The number of rotatable bonds is 6. The first-order valence-electron chi connectivity index (χ1n) is 10.3. The SMILES string of the molecule is CC1=C(C(=O)OCC(C)C)C(c2cccc(NC(=O)c3cccc(F)c3)c2)NC(=S)N1C. The van der Waals surface area contributed by atoms with Gasteiger partial charge < -0.3 is 20.3 Å². The monoisotopic (exact) mass is 455 g/mol. The number of hydrogen-bond donors (Lipinski definition) is 2. The van der Waals surface area contributed by atoms with Crippen LogP contribution in [0.4, 0.5) is 10.1 Å². The maximum atomic E-state index is 13.5. The minimum atomic E-state index is -0.538. The fourth-order valence-electron chi connectivity index (χ4n) is 3.30. The average Bonchev–Trinajstić information content (AvgIpc) is 2.75. The van der Waals surface area contributed by atoms with Gasteiger partial charge in [-0.25, -0.2) is 9.18 Å². The van der Waals surface area contributed by atoms with Crippen molar-refractivity contribution in [3.8, 4) is 0 Å². The van der Waals surface area contributed by atoms with Crippen molar-refractivity contribution in [3.05, 3.63) is 76.7 Å². The highest BCUT2D eigenvalue weighted by Crippen LogP contribution is 2.32. The second-order valence-corrected chi connectivity index (χ2v) is 8.41. The van der Waals surface area contributed by atoms with Gasteiger partial charge in [0.25, 0.3) is 5.91 Å². The second-order valence-electron chi connectivity index (χ2n) is 8.02. The molecule has 0 bridgehead atoms. The summed E-state index contributed by atoms with van der Waals surface area (Å²) in [7, 11) is 1.78. The number of allylic oxidation sites excluding steroid dienone is 1. The van der Waals surface area contributed by atoms with E-state index in [1.165, 1.54) is 24.3 Å². The lowest BCUT2D eigenvalue weighted by molar-refractivity contribution is -0.140. The van der Waals surface area contributed by atoms with Crippen molar-refractivity contribution < 1.29 is 18.7 Å². The molecular formula is C24H26FN3O3S. The first kappa shape index (κ1) is 23.4. The van der Waals surface area contributed by atoms with Gasteiger partial charge in [-0.3, -0.25) is 4.79 Å². The van der Waals surface area contributed by atoms with Gasteiger partial charge in [-0.05, 0) is 61.0 Å². The Bertz CT molecular complexity index is 1080. The molecule has 0 fully saturated rings. The van der Waals surface area contributed by atoms with Crippen LogP contribution in [0.25, 0.3) is 0 Å². The first-order valence-corrected chi connectivity index (χ1v) is 10.7. The van der Waals surface area contributed by atoms with Crippen LogP contribution < -0.4 is 10.6 Å². The molecule has 0 saturated carbocycles. The Labute approximate surface area is 192 Å². The van der Waals surface area contributed by atoms with E-state index in [0.717, 1.165) is 5.56 Å². The molecule has 2 N–H and O–H groups in total. The van der Waals surface area contributed by atoms with Crippen LogP contribution in [0.5, 0.6) is 0 Å². The Morgan fingerprint density at radius 3 is 2.62 bits per heavy atom. The highest BCUT2D eigenvalue weighted by atomic mass is 32.1. The van der Waals surface area contributed by atoms with E-state index in [4.69, 9.17) is 17.0 Å². The Morgan fingerprint density at radius 2 is 1.94 bits per heavy atom. The first-order chi connectivity index (χ1) is 15.2. The van der Waals surface area contributed by atoms with Crippen LogP contribution in [0.1, 0.15) is 42.7 Å². The van der Waals surface area contributed by atoms with Crippen LogP contribution in [0.15, 0.2) is 59.8 Å². The molecule has 0 saturated heterocycles. The van der Waals surface area contributed by atoms with Crippen molar-refractivity contribution in [1.29, 1.82) is 0 Å². The zero-order chi connectivity index (χ0) is 23.4. The highest BCUT2D eigenvalue weighted by Gasteiger charge is 2.33. The summed E-state index contributed by atoms with van der Waals surface area (Å²) in [5, 5.41) is 6.43. The molecule has 168 valence electrons. The normalized spacial score (nSPS) is 16.1. The maximum Gasteiger partial charge on any atom is 0.338 e. The minimum Gasteiger partial charge on any atom is -0.462 e. The molecule has 0 aliphatic carbocycles. The molecule has 1 heterocycles. The van der Waals surface area contributed by atoms with E-state index >= 15 is 0 Å². The van der Waals surface area contributed by atoms with Gasteiger partial charge in [0.2, 0.25) is 0 Å². The molecule has 2 aromatic carbocycles. The molecule has 6 nitrogen and oxygen atoms in total. The standard InChI is InChI=1S/C24H26FN3O3S/c1-14(2)13-31-23(30)20-15(3)28(4)24(32)27-21(20)16-7-6-10-19(12-16)26-22(29)17-8-5-9-18(25)11-17/h5-12,14,21H,13H2,1-4H3,(H,26,29)(H,27,32). The number of esters is 1. The molecule has 1 unspecified atom stereocenters. The minimum absolute atomic E-state index is 0.204. The molecule has 1 aliphatic heterocycles. The molecule has 0 aromatic heterocycles. The molecule has 1 aliphatic rings. The number of hydrogen-bond acceptors (Lipinski definition) is 4. The third kappa shape index (κ3) is 5.31. The molecule has 0 radical (unpaired) electrons. The van der Waals surface area contributed by atoms with Gasteiger partial charge in [-0.15, -0.1) is 0 Å². The van der Waals surface area contributed by atoms with Gasteiger partial charge in [-0.2, -0.15) is 0 Å². The van der Waals surface area contributed by atoms with Crippen LogP contribution in [-0.2, 0) is 9.53 Å². The summed E-state index contributed by atoms with van der Waals surface area (Å²) in [6.07, 6.45) is 0. The molecular weight excluding hydrogens is 429 g/mol. The van der Waals surface area contributed by atoms with Gasteiger partial charge >= 0.3 is 5.97 Å². The molecule has 1 amide bonds. The summed E-state index contributed by atoms with van der Waals surface area (Å²) in [5.74, 6) is -1.13. The number of carbonyl (C=O) groups is 2. The van der Waals surface area contributed by atoms with Gasteiger partial charge in [0.1, 0.15) is 5.82 Å². The number of halogens is 1. The number of nitrogens with zero attached hydrogens (tertiary/aromatic N) is 1. The Balaban J connectivity index is 1.90. The number of thiocarbonyl (C=S) groups is 1. The van der Waals surface area contributed by atoms with Crippen molar-refractivity contribution in [1.82, 2.24) is 10.2 Å².